The molecule has 0 aliphatic carbocycles. The van der Waals surface area contributed by atoms with Gasteiger partial charge in [0.1, 0.15) is 18.1 Å². The fourth-order valence-corrected chi connectivity index (χ4v) is 6.48. The molecule has 5 aromatic carbocycles. The van der Waals surface area contributed by atoms with Gasteiger partial charge in [0.25, 0.3) is 0 Å². The smallest absolute Gasteiger partial charge is 0.339 e. The number of ether oxygens (including phenoxy) is 2. The molecular weight excluding hydrogens is 520 g/mol. The molecule has 3 aliphatic rings. The monoisotopic (exact) mass is 550 g/mol. The van der Waals surface area contributed by atoms with Crippen LogP contribution in [-0.2, 0) is 24.2 Å². The van der Waals surface area contributed by atoms with Crippen molar-refractivity contribution in [2.45, 2.75) is 32.3 Å². The lowest BCUT2D eigenvalue weighted by atomic mass is 9.87. The molecule has 1 N–H and O–H groups in total. The van der Waals surface area contributed by atoms with Gasteiger partial charge >= 0.3 is 5.97 Å². The van der Waals surface area contributed by atoms with E-state index in [4.69, 9.17) is 14.5 Å². The summed E-state index contributed by atoms with van der Waals surface area (Å²) in [4.78, 5) is 18.5. The molecule has 0 saturated heterocycles. The molecule has 0 fully saturated rings. The molecule has 206 valence electrons. The number of nitrogens with zero attached hydrogens (tertiary/aromatic N) is 1. The predicted molar refractivity (Wildman–Crippen MR) is 165 cm³/mol. The van der Waals surface area contributed by atoms with E-state index in [9.17, 15) is 4.79 Å². The van der Waals surface area contributed by atoms with Crippen LogP contribution in [0.2, 0.25) is 0 Å². The molecule has 42 heavy (non-hydrogen) atoms. The number of fused-ring (bicyclic) bond motifs is 5. The number of carbonyl (C=O) groups is 1. The zero-order valence-corrected chi connectivity index (χ0v) is 23.3. The summed E-state index contributed by atoms with van der Waals surface area (Å²) in [5.74, 6) is 1.23. The zero-order valence-electron chi connectivity index (χ0n) is 23.3. The van der Waals surface area contributed by atoms with Crippen LogP contribution in [0.1, 0.15) is 51.0 Å². The average Bonchev–Trinajstić information content (AvgIpc) is 3.04. The Morgan fingerprint density at radius 1 is 0.810 bits per heavy atom. The summed E-state index contributed by atoms with van der Waals surface area (Å²) in [7, 11) is 0. The molecule has 5 heteroatoms. The molecule has 0 aromatic heterocycles. The Morgan fingerprint density at radius 2 is 1.67 bits per heavy atom. The van der Waals surface area contributed by atoms with Crippen LogP contribution in [0.25, 0.3) is 16.3 Å². The molecule has 0 radical (unpaired) electrons. The average molecular weight is 551 g/mol. The second-order valence-corrected chi connectivity index (χ2v) is 11.3. The van der Waals surface area contributed by atoms with Crippen molar-refractivity contribution in [1.29, 1.82) is 0 Å². The minimum Gasteiger partial charge on any atom is -0.457 e. The Morgan fingerprint density at radius 3 is 2.62 bits per heavy atom. The van der Waals surface area contributed by atoms with Crippen LogP contribution in [0.3, 0.4) is 0 Å². The predicted octanol–water partition coefficient (Wildman–Crippen LogP) is 6.47. The Hall–Kier alpha value is -4.90. The Balaban J connectivity index is 1.25. The lowest BCUT2D eigenvalue weighted by Gasteiger charge is -2.27. The van der Waals surface area contributed by atoms with Gasteiger partial charge in [-0.2, -0.15) is 0 Å². The van der Waals surface area contributed by atoms with Crippen LogP contribution in [-0.4, -0.2) is 19.1 Å². The number of benzene rings is 5. The van der Waals surface area contributed by atoms with Gasteiger partial charge in [0.15, 0.2) is 0 Å². The van der Waals surface area contributed by atoms with E-state index in [1.807, 2.05) is 42.5 Å². The molecule has 0 amide bonds. The molecule has 5 aromatic rings. The van der Waals surface area contributed by atoms with Crippen LogP contribution in [0, 0.1) is 0 Å². The number of anilines is 1. The highest BCUT2D eigenvalue weighted by Crippen LogP contribution is 2.41. The van der Waals surface area contributed by atoms with E-state index in [2.05, 4.69) is 53.8 Å². The molecule has 0 bridgehead atoms. The highest BCUT2D eigenvalue weighted by atomic mass is 16.5. The van der Waals surface area contributed by atoms with Crippen LogP contribution < -0.4 is 20.6 Å². The van der Waals surface area contributed by atoms with Gasteiger partial charge in [-0.3, -0.25) is 4.99 Å². The van der Waals surface area contributed by atoms with Crippen molar-refractivity contribution in [2.24, 2.45) is 4.99 Å². The Labute approximate surface area is 244 Å². The summed E-state index contributed by atoms with van der Waals surface area (Å²) < 4.78 is 12.5. The van der Waals surface area contributed by atoms with Crippen molar-refractivity contribution >= 4 is 28.0 Å². The Kier molecular flexibility index (Phi) is 6.03. The van der Waals surface area contributed by atoms with Gasteiger partial charge in [0.2, 0.25) is 0 Å². The van der Waals surface area contributed by atoms with Crippen molar-refractivity contribution < 1.29 is 14.3 Å². The number of aryl methyl sites for hydroxylation is 2. The minimum atomic E-state index is -0.339. The number of carbonyl (C=O) groups excluding carboxylic acids is 1. The summed E-state index contributed by atoms with van der Waals surface area (Å²) >= 11 is 0. The fourth-order valence-electron chi connectivity index (χ4n) is 6.48. The van der Waals surface area contributed by atoms with E-state index in [0.29, 0.717) is 5.56 Å². The number of rotatable bonds is 4. The van der Waals surface area contributed by atoms with E-state index in [0.717, 1.165) is 94.2 Å². The van der Waals surface area contributed by atoms with Gasteiger partial charge in [-0.05, 0) is 83.0 Å². The second kappa shape index (κ2) is 10.2. The first-order chi connectivity index (χ1) is 20.7. The maximum absolute atomic E-state index is 13.7. The second-order valence-electron chi connectivity index (χ2n) is 11.3. The van der Waals surface area contributed by atoms with E-state index in [1.54, 1.807) is 0 Å². The van der Waals surface area contributed by atoms with Gasteiger partial charge in [-0.25, -0.2) is 4.79 Å². The maximum atomic E-state index is 13.7. The lowest BCUT2D eigenvalue weighted by molar-refractivity contribution is 0.0472. The highest BCUT2D eigenvalue weighted by Gasteiger charge is 2.27. The quantitative estimate of drug-likeness (QED) is 0.256. The summed E-state index contributed by atoms with van der Waals surface area (Å²) in [5.41, 5.74) is 7.98. The van der Waals surface area contributed by atoms with Gasteiger partial charge in [-0.15, -0.1) is 0 Å². The standard InChI is InChI=1S/C37H30N2O3/c40-37(41-22-23-13-14-24-7-1-2-8-25(24)17-23)29-12-4-3-11-28(29)36-30-18-26-9-5-15-38-32(26)20-34(30)42-35-21-33-27(19-31(35)36)10-6-16-39-33/h1-4,7-8,11-14,17-21,38H,5-6,9-10,15-16,22H2. The van der Waals surface area contributed by atoms with Crippen LogP contribution in [0.5, 0.6) is 11.5 Å². The molecule has 0 atom stereocenters. The number of nitrogens with one attached hydrogen (secondary N) is 1. The van der Waals surface area contributed by atoms with Crippen LogP contribution in [0.15, 0.2) is 96.0 Å². The minimum absolute atomic E-state index is 0.206. The largest absolute Gasteiger partial charge is 0.457 e. The van der Waals surface area contributed by atoms with Crippen LogP contribution >= 0.6 is 0 Å². The van der Waals surface area contributed by atoms with Gasteiger partial charge in [-0.1, -0.05) is 54.6 Å². The van der Waals surface area contributed by atoms with E-state index in [1.165, 1.54) is 16.5 Å². The van der Waals surface area contributed by atoms with Crippen molar-refractivity contribution in [3.8, 4) is 11.5 Å². The van der Waals surface area contributed by atoms with Gasteiger partial charge < -0.3 is 14.8 Å². The van der Waals surface area contributed by atoms with Crippen molar-refractivity contribution in [3.63, 3.8) is 0 Å². The van der Waals surface area contributed by atoms with E-state index in [-0.39, 0.29) is 12.6 Å². The molecule has 5 nitrogen and oxygen atoms in total. The normalized spacial score (nSPS) is 14.8. The molecule has 0 spiro atoms. The van der Waals surface area contributed by atoms with Crippen molar-refractivity contribution in [2.75, 3.05) is 18.4 Å². The number of hydrogen-bond acceptors (Lipinski definition) is 5. The first-order valence-corrected chi connectivity index (χ1v) is 14.8. The van der Waals surface area contributed by atoms with Gasteiger partial charge in [0.05, 0.1) is 10.9 Å². The SMILES string of the molecule is O=C(OCc1ccc2ccccc2c1)c1ccccc1C1=c2cc3c(cc2Oc2cc4c(cc21)CCCN4)=NCCC3. The Bertz CT molecular complexity index is 2030. The summed E-state index contributed by atoms with van der Waals surface area (Å²) in [5, 5.41) is 7.83. The third-order valence-electron chi connectivity index (χ3n) is 8.57. The van der Waals surface area contributed by atoms with Gasteiger partial charge in [0, 0.05) is 47.3 Å². The third-order valence-corrected chi connectivity index (χ3v) is 8.57. The zero-order chi connectivity index (χ0) is 28.0. The third kappa shape index (κ3) is 4.33. The van der Waals surface area contributed by atoms with E-state index < -0.39 is 0 Å². The topological polar surface area (TPSA) is 59.9 Å². The molecule has 3 aliphatic heterocycles. The summed E-state index contributed by atoms with van der Waals surface area (Å²) in [6.45, 7) is 2.00. The summed E-state index contributed by atoms with van der Waals surface area (Å²) in [6.07, 6.45) is 4.12. The number of hydrogen-bond donors (Lipinski definition) is 1. The first-order valence-electron chi connectivity index (χ1n) is 14.8. The first kappa shape index (κ1) is 24.9. The van der Waals surface area contributed by atoms with Crippen LogP contribution in [0.4, 0.5) is 5.69 Å². The fraction of sp³-hybridized carbons (Fsp3) is 0.189. The number of esters is 1. The van der Waals surface area contributed by atoms with Crippen molar-refractivity contribution in [3.05, 3.63) is 135 Å². The molecule has 8 rings (SSSR count). The maximum Gasteiger partial charge on any atom is 0.339 e. The van der Waals surface area contributed by atoms with E-state index >= 15 is 0 Å². The lowest BCUT2D eigenvalue weighted by Crippen LogP contribution is -2.26. The molecular formula is C37H30N2O3. The van der Waals surface area contributed by atoms with Crippen molar-refractivity contribution in [1.82, 2.24) is 0 Å². The molecule has 0 saturated carbocycles. The highest BCUT2D eigenvalue weighted by molar-refractivity contribution is 5.99. The summed E-state index contributed by atoms with van der Waals surface area (Å²) in [6, 6.07) is 30.8. The molecule has 0 unspecified atom stereocenters. The molecule has 3 heterocycles.